The molecule has 0 radical (unpaired) electrons. The van der Waals surface area contributed by atoms with Crippen molar-refractivity contribution in [2.45, 2.75) is 45.6 Å². The summed E-state index contributed by atoms with van der Waals surface area (Å²) in [5.41, 5.74) is 2.97. The van der Waals surface area contributed by atoms with E-state index in [2.05, 4.69) is 5.10 Å². The highest BCUT2D eigenvalue weighted by Crippen LogP contribution is 2.45. The molecule has 26 heavy (non-hydrogen) atoms. The van der Waals surface area contributed by atoms with Crippen LogP contribution in [0.4, 0.5) is 8.78 Å². The van der Waals surface area contributed by atoms with E-state index in [0.717, 1.165) is 16.8 Å². The smallest absolute Gasteiger partial charge is 0.163 e. The zero-order valence-corrected chi connectivity index (χ0v) is 15.6. The minimum absolute atomic E-state index is 0.377. The number of nitrogens with zero attached hydrogens (tertiary/aromatic N) is 3. The van der Waals surface area contributed by atoms with Crippen molar-refractivity contribution in [2.75, 3.05) is 0 Å². The average Bonchev–Trinajstić information content (AvgIpc) is 3.00. The first kappa shape index (κ1) is 16.9. The first-order chi connectivity index (χ1) is 12.1. The summed E-state index contributed by atoms with van der Waals surface area (Å²) in [6.45, 7) is 9.65. The fraction of sp³-hybridized carbons (Fsp3) is 0.333. The summed E-state index contributed by atoms with van der Waals surface area (Å²) in [6, 6.07) is 8.69. The van der Waals surface area contributed by atoms with Crippen LogP contribution in [0, 0.1) is 18.6 Å². The van der Waals surface area contributed by atoms with Gasteiger partial charge in [0.15, 0.2) is 11.6 Å². The second-order valence-electron chi connectivity index (χ2n) is 7.95. The first-order valence-electron chi connectivity index (χ1n) is 8.67. The Labute approximate surface area is 151 Å². The molecule has 0 saturated carbocycles. The van der Waals surface area contributed by atoms with Gasteiger partial charge in [-0.3, -0.25) is 4.99 Å². The second kappa shape index (κ2) is 5.22. The van der Waals surface area contributed by atoms with E-state index in [-0.39, 0.29) is 0 Å². The molecule has 0 amide bonds. The molecule has 134 valence electrons. The van der Waals surface area contributed by atoms with Gasteiger partial charge in [0.2, 0.25) is 0 Å². The normalized spacial score (nSPS) is 17.9. The molecule has 3 aromatic rings. The van der Waals surface area contributed by atoms with Gasteiger partial charge in [-0.15, -0.1) is 0 Å². The molecule has 5 heteroatoms. The van der Waals surface area contributed by atoms with Crippen LogP contribution >= 0.6 is 0 Å². The maximum Gasteiger partial charge on any atom is 0.163 e. The van der Waals surface area contributed by atoms with Crippen LogP contribution < -0.4 is 0 Å². The van der Waals surface area contributed by atoms with E-state index in [9.17, 15) is 8.78 Å². The van der Waals surface area contributed by atoms with Crippen LogP contribution in [0.3, 0.4) is 0 Å². The van der Waals surface area contributed by atoms with Gasteiger partial charge >= 0.3 is 0 Å². The number of hydrogen-bond acceptors (Lipinski definition) is 2. The molecule has 3 heterocycles. The largest absolute Gasteiger partial charge is 0.277 e. The van der Waals surface area contributed by atoms with E-state index in [4.69, 9.17) is 4.99 Å². The Morgan fingerprint density at radius 3 is 2.46 bits per heavy atom. The molecule has 1 aromatic carbocycles. The molecule has 0 atom stereocenters. The van der Waals surface area contributed by atoms with E-state index in [1.165, 1.54) is 6.07 Å². The van der Waals surface area contributed by atoms with Crippen molar-refractivity contribution in [3.8, 4) is 0 Å². The lowest BCUT2D eigenvalue weighted by molar-refractivity contribution is 0.289. The molecule has 1 aliphatic heterocycles. The molecule has 0 saturated heterocycles. The monoisotopic (exact) mass is 353 g/mol. The van der Waals surface area contributed by atoms with Crippen LogP contribution in [-0.4, -0.2) is 20.9 Å². The van der Waals surface area contributed by atoms with Crippen molar-refractivity contribution in [2.24, 2.45) is 4.99 Å². The van der Waals surface area contributed by atoms with Crippen LogP contribution in [0.15, 0.2) is 41.5 Å². The number of halogens is 2. The van der Waals surface area contributed by atoms with Crippen molar-refractivity contribution in [1.29, 1.82) is 0 Å². The highest BCUT2D eigenvalue weighted by atomic mass is 19.2. The molecule has 0 N–H and O–H groups in total. The summed E-state index contributed by atoms with van der Waals surface area (Å²) >= 11 is 0. The zero-order valence-electron chi connectivity index (χ0n) is 15.6. The predicted octanol–water partition coefficient (Wildman–Crippen LogP) is 4.83. The van der Waals surface area contributed by atoms with Gasteiger partial charge in [-0.1, -0.05) is 13.8 Å². The molecule has 0 aliphatic carbocycles. The number of aromatic nitrogens is 2. The quantitative estimate of drug-likeness (QED) is 0.616. The Morgan fingerprint density at radius 1 is 1.00 bits per heavy atom. The number of aliphatic imine (C=N–C) groups is 1. The van der Waals surface area contributed by atoms with Gasteiger partial charge in [0.05, 0.1) is 22.5 Å². The summed E-state index contributed by atoms with van der Waals surface area (Å²) in [5, 5.41) is 4.58. The first-order valence-corrected chi connectivity index (χ1v) is 8.67. The van der Waals surface area contributed by atoms with Gasteiger partial charge in [0.25, 0.3) is 0 Å². The molecule has 0 spiro atoms. The van der Waals surface area contributed by atoms with Gasteiger partial charge < -0.3 is 0 Å². The van der Waals surface area contributed by atoms with Gasteiger partial charge in [-0.05, 0) is 51.1 Å². The minimum Gasteiger partial charge on any atom is -0.277 e. The second-order valence-corrected chi connectivity index (χ2v) is 7.95. The standard InChI is InChI=1S/C21H21F2N3/c1-12-15(11-13-7-6-10-26(13)25-12)19-14-8-9-16(22)18(23)17(14)20(2,3)21(4,5)24-19/h6-11H,1-5H3. The molecule has 4 rings (SSSR count). The molecule has 1 aliphatic rings. The van der Waals surface area contributed by atoms with E-state index in [1.807, 2.05) is 59.0 Å². The lowest BCUT2D eigenvalue weighted by atomic mass is 9.65. The van der Waals surface area contributed by atoms with E-state index in [0.29, 0.717) is 16.8 Å². The Kier molecular flexibility index (Phi) is 3.39. The van der Waals surface area contributed by atoms with Gasteiger partial charge in [-0.2, -0.15) is 5.10 Å². The number of aryl methyl sites for hydroxylation is 1. The highest BCUT2D eigenvalue weighted by Gasteiger charge is 2.46. The molecule has 0 bridgehead atoms. The lowest BCUT2D eigenvalue weighted by Gasteiger charge is -2.44. The maximum absolute atomic E-state index is 14.9. The van der Waals surface area contributed by atoms with Gasteiger partial charge in [-0.25, -0.2) is 13.3 Å². The molecular weight excluding hydrogens is 332 g/mol. The number of rotatable bonds is 1. The van der Waals surface area contributed by atoms with Crippen molar-refractivity contribution >= 4 is 11.2 Å². The minimum atomic E-state index is -0.828. The third-order valence-corrected chi connectivity index (χ3v) is 5.85. The summed E-state index contributed by atoms with van der Waals surface area (Å²) in [4.78, 5) is 4.98. The topological polar surface area (TPSA) is 29.7 Å². The van der Waals surface area contributed by atoms with Crippen LogP contribution in [-0.2, 0) is 5.41 Å². The lowest BCUT2D eigenvalue weighted by Crippen LogP contribution is -2.47. The van der Waals surface area contributed by atoms with Crippen LogP contribution in [0.2, 0.25) is 0 Å². The maximum atomic E-state index is 14.9. The van der Waals surface area contributed by atoms with Gasteiger partial charge in [0, 0.05) is 28.3 Å². The Morgan fingerprint density at radius 2 is 1.73 bits per heavy atom. The van der Waals surface area contributed by atoms with Crippen LogP contribution in [0.1, 0.15) is 50.1 Å². The third kappa shape index (κ3) is 2.16. The zero-order chi connectivity index (χ0) is 18.9. The number of benzene rings is 1. The number of fused-ring (bicyclic) bond motifs is 2. The van der Waals surface area contributed by atoms with E-state index in [1.54, 1.807) is 10.6 Å². The van der Waals surface area contributed by atoms with Crippen molar-refractivity contribution in [3.63, 3.8) is 0 Å². The number of hydrogen-bond donors (Lipinski definition) is 0. The molecule has 0 fully saturated rings. The summed E-state index contributed by atoms with van der Waals surface area (Å²) in [7, 11) is 0. The summed E-state index contributed by atoms with van der Waals surface area (Å²) < 4.78 is 30.7. The molecule has 2 aromatic heterocycles. The third-order valence-electron chi connectivity index (χ3n) is 5.85. The summed E-state index contributed by atoms with van der Waals surface area (Å²) in [6.07, 6.45) is 1.88. The fourth-order valence-electron chi connectivity index (χ4n) is 3.65. The predicted molar refractivity (Wildman–Crippen MR) is 99.0 cm³/mol. The fourth-order valence-corrected chi connectivity index (χ4v) is 3.65. The van der Waals surface area contributed by atoms with Crippen molar-refractivity contribution in [1.82, 2.24) is 9.61 Å². The highest BCUT2D eigenvalue weighted by molar-refractivity contribution is 6.16. The van der Waals surface area contributed by atoms with Crippen LogP contribution in [0.5, 0.6) is 0 Å². The summed E-state index contributed by atoms with van der Waals surface area (Å²) in [5.74, 6) is -1.62. The molecular formula is C21H21F2N3. The Hall–Kier alpha value is -2.56. The molecule has 3 nitrogen and oxygen atoms in total. The molecule has 0 unspecified atom stereocenters. The van der Waals surface area contributed by atoms with E-state index >= 15 is 0 Å². The van der Waals surface area contributed by atoms with Crippen LogP contribution in [0.25, 0.3) is 5.52 Å². The Bertz CT molecular complexity index is 1070. The Balaban J connectivity index is 2.07. The van der Waals surface area contributed by atoms with E-state index < -0.39 is 22.6 Å². The van der Waals surface area contributed by atoms with Crippen molar-refractivity contribution in [3.05, 3.63) is 70.5 Å². The van der Waals surface area contributed by atoms with Crippen molar-refractivity contribution < 1.29 is 8.78 Å². The average molecular weight is 353 g/mol. The SMILES string of the molecule is Cc1nn2cccc2cc1C1=NC(C)(C)C(C)(C)c2c1ccc(F)c2F. The van der Waals surface area contributed by atoms with Gasteiger partial charge in [0.1, 0.15) is 0 Å².